The van der Waals surface area contributed by atoms with E-state index in [4.69, 9.17) is 9.97 Å². The summed E-state index contributed by atoms with van der Waals surface area (Å²) in [6.07, 6.45) is 5.84. The van der Waals surface area contributed by atoms with E-state index in [0.717, 1.165) is 29.3 Å². The molecule has 0 saturated heterocycles. The molecule has 0 spiro atoms. The maximum atomic E-state index is 5.63. The van der Waals surface area contributed by atoms with E-state index < -0.39 is 0 Å². The summed E-state index contributed by atoms with van der Waals surface area (Å²) in [4.78, 5) is 13.7. The van der Waals surface area contributed by atoms with Crippen LogP contribution in [-0.4, -0.2) is 9.97 Å². The molecule has 3 aliphatic carbocycles. The number of nitrogens with zero attached hydrogens (tertiary/aromatic N) is 3. The first kappa shape index (κ1) is 31.0. The lowest BCUT2D eigenvalue weighted by atomic mass is 9.65. The third kappa shape index (κ3) is 4.38. The second kappa shape index (κ2) is 11.4. The van der Waals surface area contributed by atoms with Crippen LogP contribution in [-0.2, 0) is 17.3 Å². The van der Waals surface area contributed by atoms with Crippen LogP contribution in [0.1, 0.15) is 72.7 Å². The summed E-state index contributed by atoms with van der Waals surface area (Å²) in [5, 5.41) is 0. The highest BCUT2D eigenvalue weighted by Gasteiger charge is 2.52. The summed E-state index contributed by atoms with van der Waals surface area (Å²) < 4.78 is 0. The largest absolute Gasteiger partial charge is 0.297 e. The Hall–Kier alpha value is -5.80. The molecule has 0 saturated carbocycles. The SMILES string of the molecule is CC1C2=C(C=C(c3ccccc3)C1c1ccccc1)c1nc(-c3ccccc3)nc(N3C4=Cc5ccccc5CC4(C)c4ccccc43)c1C2(C)C. The molecule has 1 aliphatic heterocycles. The van der Waals surface area contributed by atoms with Gasteiger partial charge in [-0.1, -0.05) is 154 Å². The first-order valence-corrected chi connectivity index (χ1v) is 18.6. The highest BCUT2D eigenvalue weighted by atomic mass is 15.3. The van der Waals surface area contributed by atoms with Gasteiger partial charge in [0.1, 0.15) is 5.82 Å². The zero-order valence-corrected chi connectivity index (χ0v) is 30.1. The number of aromatic nitrogens is 2. The second-order valence-electron chi connectivity index (χ2n) is 15.6. The summed E-state index contributed by atoms with van der Waals surface area (Å²) in [7, 11) is 0. The van der Waals surface area contributed by atoms with Crippen LogP contribution in [0.2, 0.25) is 0 Å². The van der Waals surface area contributed by atoms with Gasteiger partial charge in [0.15, 0.2) is 5.82 Å². The molecule has 2 heterocycles. The van der Waals surface area contributed by atoms with E-state index in [9.17, 15) is 0 Å². The molecule has 6 aromatic rings. The molecule has 0 N–H and O–H groups in total. The molecule has 0 amide bonds. The van der Waals surface area contributed by atoms with E-state index >= 15 is 0 Å². The van der Waals surface area contributed by atoms with Crippen LogP contribution < -0.4 is 4.90 Å². The maximum absolute atomic E-state index is 5.63. The molecule has 252 valence electrons. The minimum atomic E-state index is -0.332. The molecule has 0 radical (unpaired) electrons. The van der Waals surface area contributed by atoms with Crippen molar-refractivity contribution in [2.75, 3.05) is 4.90 Å². The average Bonchev–Trinajstić information content (AvgIpc) is 3.57. The summed E-state index contributed by atoms with van der Waals surface area (Å²) in [6.45, 7) is 9.68. The number of hydrogen-bond acceptors (Lipinski definition) is 3. The van der Waals surface area contributed by atoms with Crippen molar-refractivity contribution in [3.05, 3.63) is 196 Å². The smallest absolute Gasteiger partial charge is 0.162 e. The predicted octanol–water partition coefficient (Wildman–Crippen LogP) is 11.7. The topological polar surface area (TPSA) is 29.0 Å². The third-order valence-corrected chi connectivity index (χ3v) is 12.3. The van der Waals surface area contributed by atoms with Crippen molar-refractivity contribution in [3.63, 3.8) is 0 Å². The van der Waals surface area contributed by atoms with E-state index in [1.165, 1.54) is 61.5 Å². The Balaban J connectivity index is 1.26. The Bertz CT molecular complexity index is 2490. The summed E-state index contributed by atoms with van der Waals surface area (Å²) >= 11 is 0. The van der Waals surface area contributed by atoms with Gasteiger partial charge in [0.25, 0.3) is 0 Å². The fraction of sp³-hybridized carbons (Fsp3) is 0.184. The second-order valence-corrected chi connectivity index (χ2v) is 15.6. The Morgan fingerprint density at radius 3 is 2.04 bits per heavy atom. The number of anilines is 2. The molecular weight excluding hydrogens is 631 g/mol. The quantitative estimate of drug-likeness (QED) is 0.187. The lowest BCUT2D eigenvalue weighted by Crippen LogP contribution is -2.33. The molecule has 52 heavy (non-hydrogen) atoms. The standard InChI is InChI=1S/C49H41N3/c1-31-42(33-20-10-6-11-21-33)37(32-18-8-5-9-19-32)29-38-43(31)48(2,3)44-45(38)50-46(34-22-12-7-13-23-34)51-47(44)52-40-27-17-16-26-39(40)49(4)30-36-25-15-14-24-35(36)28-41(49)52/h5-29,31,42H,30H2,1-4H3. The van der Waals surface area contributed by atoms with Crippen molar-refractivity contribution in [1.29, 1.82) is 0 Å². The minimum absolute atomic E-state index is 0.197. The maximum Gasteiger partial charge on any atom is 0.162 e. The van der Waals surface area contributed by atoms with Crippen LogP contribution in [0.15, 0.2) is 157 Å². The molecule has 0 bridgehead atoms. The molecule has 0 fully saturated rings. The molecule has 3 nitrogen and oxygen atoms in total. The summed E-state index contributed by atoms with van der Waals surface area (Å²) in [5.41, 5.74) is 15.9. The van der Waals surface area contributed by atoms with Crippen LogP contribution in [0.25, 0.3) is 28.6 Å². The Morgan fingerprint density at radius 2 is 1.29 bits per heavy atom. The molecule has 4 aliphatic rings. The highest BCUT2D eigenvalue weighted by molar-refractivity contribution is 5.98. The van der Waals surface area contributed by atoms with Gasteiger partial charge in [-0.25, -0.2) is 9.97 Å². The van der Waals surface area contributed by atoms with Gasteiger partial charge < -0.3 is 0 Å². The fourth-order valence-electron chi connectivity index (χ4n) is 10.0. The van der Waals surface area contributed by atoms with Crippen LogP contribution in [0.5, 0.6) is 0 Å². The molecule has 10 rings (SSSR count). The summed E-state index contributed by atoms with van der Waals surface area (Å²) in [6, 6.07) is 50.4. The van der Waals surface area contributed by atoms with Gasteiger partial charge in [-0.2, -0.15) is 0 Å². The number of benzene rings is 5. The average molecular weight is 672 g/mol. The minimum Gasteiger partial charge on any atom is -0.297 e. The number of allylic oxidation sites excluding steroid dienone is 5. The first-order chi connectivity index (χ1) is 25.3. The zero-order valence-electron chi connectivity index (χ0n) is 30.1. The van der Waals surface area contributed by atoms with E-state index in [-0.39, 0.29) is 22.7 Å². The van der Waals surface area contributed by atoms with E-state index in [1.807, 2.05) is 0 Å². The van der Waals surface area contributed by atoms with Crippen LogP contribution in [0.3, 0.4) is 0 Å². The highest BCUT2D eigenvalue weighted by Crippen LogP contribution is 2.62. The monoisotopic (exact) mass is 671 g/mol. The van der Waals surface area contributed by atoms with Gasteiger partial charge in [0, 0.05) is 39.1 Å². The number of hydrogen-bond donors (Lipinski definition) is 0. The molecule has 5 aromatic carbocycles. The predicted molar refractivity (Wildman–Crippen MR) is 214 cm³/mol. The lowest BCUT2D eigenvalue weighted by Gasteiger charge is -2.39. The van der Waals surface area contributed by atoms with Gasteiger partial charge in [-0.05, 0) is 76.4 Å². The number of fused-ring (bicyclic) bond motifs is 6. The number of rotatable bonds is 4. The normalized spacial score (nSPS) is 22.1. The van der Waals surface area contributed by atoms with Crippen LogP contribution in [0.4, 0.5) is 11.5 Å². The first-order valence-electron chi connectivity index (χ1n) is 18.6. The van der Waals surface area contributed by atoms with Crippen molar-refractivity contribution in [3.8, 4) is 11.4 Å². The summed E-state index contributed by atoms with van der Waals surface area (Å²) in [5.74, 6) is 2.18. The van der Waals surface area contributed by atoms with Crippen LogP contribution in [0, 0.1) is 5.92 Å². The van der Waals surface area contributed by atoms with Crippen molar-refractivity contribution < 1.29 is 0 Å². The van der Waals surface area contributed by atoms with E-state index in [0.29, 0.717) is 0 Å². The molecule has 3 unspecified atom stereocenters. The molecule has 3 heteroatoms. The Morgan fingerprint density at radius 1 is 0.654 bits per heavy atom. The van der Waals surface area contributed by atoms with Crippen molar-refractivity contribution in [2.45, 2.75) is 50.9 Å². The van der Waals surface area contributed by atoms with Gasteiger partial charge in [0.2, 0.25) is 0 Å². The Kier molecular flexibility index (Phi) is 6.76. The van der Waals surface area contributed by atoms with Gasteiger partial charge in [0.05, 0.1) is 11.4 Å². The Labute approximate surface area is 306 Å². The van der Waals surface area contributed by atoms with Crippen molar-refractivity contribution in [2.24, 2.45) is 5.92 Å². The van der Waals surface area contributed by atoms with Gasteiger partial charge >= 0.3 is 0 Å². The molecular formula is C49H41N3. The van der Waals surface area contributed by atoms with E-state index in [2.05, 4.69) is 184 Å². The van der Waals surface area contributed by atoms with Gasteiger partial charge in [-0.3, -0.25) is 4.90 Å². The van der Waals surface area contributed by atoms with Crippen molar-refractivity contribution in [1.82, 2.24) is 9.97 Å². The van der Waals surface area contributed by atoms with Gasteiger partial charge in [-0.15, -0.1) is 0 Å². The van der Waals surface area contributed by atoms with Crippen molar-refractivity contribution >= 4 is 28.7 Å². The van der Waals surface area contributed by atoms with E-state index in [1.54, 1.807) is 0 Å². The molecule has 1 aromatic heterocycles. The molecule has 3 atom stereocenters. The third-order valence-electron chi connectivity index (χ3n) is 12.3. The fourth-order valence-corrected chi connectivity index (χ4v) is 10.0. The zero-order chi connectivity index (χ0) is 35.2. The number of para-hydroxylation sites is 1. The lowest BCUT2D eigenvalue weighted by molar-refractivity contribution is 0.500. The van der Waals surface area contributed by atoms with Crippen LogP contribution >= 0.6 is 0 Å².